The molecule has 2 rings (SSSR count). The van der Waals surface area contributed by atoms with Gasteiger partial charge in [-0.2, -0.15) is 0 Å². The number of urea groups is 1. The van der Waals surface area contributed by atoms with E-state index < -0.39 is 10.0 Å². The van der Waals surface area contributed by atoms with Crippen LogP contribution in [-0.4, -0.2) is 49.3 Å². The highest BCUT2D eigenvalue weighted by Crippen LogP contribution is 2.33. The van der Waals surface area contributed by atoms with E-state index in [2.05, 4.69) is 10.2 Å². The minimum Gasteiger partial charge on any atom is -0.371 e. The van der Waals surface area contributed by atoms with E-state index >= 15 is 0 Å². The molecule has 1 aliphatic rings. The Kier molecular flexibility index (Phi) is 5.48. The number of hydrogen-bond acceptors (Lipinski definition) is 5. The van der Waals surface area contributed by atoms with Gasteiger partial charge in [-0.05, 0) is 6.08 Å². The van der Waals surface area contributed by atoms with Gasteiger partial charge in [0.2, 0.25) is 8.92 Å². The molecule has 0 aromatic carbocycles. The van der Waals surface area contributed by atoms with Crippen LogP contribution in [0.15, 0.2) is 12.2 Å². The molecule has 0 spiro atoms. The number of β-amino-alcohol motifs (C(OH)–C–C–N with tert-alkyl or cyclic N) is 1. The number of rotatable bonds is 3. The molecule has 2 amide bonds. The molecule has 0 aliphatic carbocycles. The van der Waals surface area contributed by atoms with Crippen molar-refractivity contribution in [3.05, 3.63) is 17.2 Å². The van der Waals surface area contributed by atoms with E-state index in [0.717, 1.165) is 5.01 Å². The number of carbonyl (C=O) groups is 1. The molecule has 1 aromatic rings. The standard InChI is InChI=1S/C13H17Cl3N4O2S/c1-12(2,3)9-17-18-10(23-9)20-8(21)7-19(11(20)22)6-4-5-13(14,15)16/h4-5,8,21H,6-7H2,1-3H3. The van der Waals surface area contributed by atoms with Crippen LogP contribution in [0.4, 0.5) is 9.93 Å². The maximum Gasteiger partial charge on any atom is 0.329 e. The largest absolute Gasteiger partial charge is 0.371 e. The number of hydrogen-bond donors (Lipinski definition) is 1. The van der Waals surface area contributed by atoms with Crippen molar-refractivity contribution in [3.8, 4) is 0 Å². The third kappa shape index (κ3) is 4.70. The summed E-state index contributed by atoms with van der Waals surface area (Å²) in [5, 5.41) is 19.4. The molecule has 6 nitrogen and oxygen atoms in total. The first-order valence-electron chi connectivity index (χ1n) is 6.83. The first-order chi connectivity index (χ1) is 10.5. The SMILES string of the molecule is CC(C)(C)c1nnc(N2C(=O)N(CC=CC(Cl)(Cl)Cl)CC2O)s1. The lowest BCUT2D eigenvalue weighted by molar-refractivity contribution is 0.180. The van der Waals surface area contributed by atoms with Crippen molar-refractivity contribution in [2.24, 2.45) is 0 Å². The van der Waals surface area contributed by atoms with Crippen LogP contribution in [0, 0.1) is 0 Å². The molecule has 1 aliphatic heterocycles. The van der Waals surface area contributed by atoms with Gasteiger partial charge in [0, 0.05) is 12.0 Å². The number of carbonyl (C=O) groups excluding carboxylic acids is 1. The highest BCUT2D eigenvalue weighted by Gasteiger charge is 2.39. The van der Waals surface area contributed by atoms with Crippen molar-refractivity contribution >= 4 is 57.3 Å². The third-order valence-electron chi connectivity index (χ3n) is 3.05. The van der Waals surface area contributed by atoms with Crippen LogP contribution < -0.4 is 4.90 Å². The fourth-order valence-corrected chi connectivity index (χ4v) is 3.14. The number of alkyl halides is 3. The van der Waals surface area contributed by atoms with Crippen LogP contribution in [0.3, 0.4) is 0 Å². The van der Waals surface area contributed by atoms with Crippen LogP contribution in [0.25, 0.3) is 0 Å². The smallest absolute Gasteiger partial charge is 0.329 e. The number of aliphatic hydroxyl groups excluding tert-OH is 1. The van der Waals surface area contributed by atoms with Crippen LogP contribution in [0.2, 0.25) is 0 Å². The zero-order valence-corrected chi connectivity index (χ0v) is 15.9. The molecule has 1 unspecified atom stereocenters. The lowest BCUT2D eigenvalue weighted by atomic mass is 9.98. The van der Waals surface area contributed by atoms with Crippen molar-refractivity contribution in [1.82, 2.24) is 15.1 Å². The van der Waals surface area contributed by atoms with E-state index in [1.165, 1.54) is 27.2 Å². The summed E-state index contributed by atoms with van der Waals surface area (Å²) in [5.41, 5.74) is -0.170. The molecule has 23 heavy (non-hydrogen) atoms. The van der Waals surface area contributed by atoms with Crippen molar-refractivity contribution in [2.75, 3.05) is 18.0 Å². The Morgan fingerprint density at radius 3 is 2.52 bits per heavy atom. The first kappa shape index (κ1) is 18.7. The van der Waals surface area contributed by atoms with Crippen LogP contribution in [0.1, 0.15) is 25.8 Å². The van der Waals surface area contributed by atoms with E-state index in [-0.39, 0.29) is 24.5 Å². The average molecular weight is 400 g/mol. The average Bonchev–Trinajstić information content (AvgIpc) is 2.93. The second kappa shape index (κ2) is 6.72. The summed E-state index contributed by atoms with van der Waals surface area (Å²) < 4.78 is -1.51. The Labute approximate surface area is 153 Å². The molecule has 0 bridgehead atoms. The minimum atomic E-state index is -1.51. The predicted octanol–water partition coefficient (Wildman–Crippen LogP) is 3.32. The Bertz CT molecular complexity index is 609. The minimum absolute atomic E-state index is 0.146. The van der Waals surface area contributed by atoms with Crippen LogP contribution in [0.5, 0.6) is 0 Å². The molecule has 0 saturated carbocycles. The molecule has 1 aromatic heterocycles. The molecule has 1 fully saturated rings. The van der Waals surface area contributed by atoms with E-state index in [0.29, 0.717) is 5.13 Å². The Hall–Kier alpha value is -0.600. The normalized spacial score (nSPS) is 20.1. The molecule has 10 heteroatoms. The van der Waals surface area contributed by atoms with Gasteiger partial charge in [-0.3, -0.25) is 0 Å². The summed E-state index contributed by atoms with van der Waals surface area (Å²) in [6, 6.07) is -0.358. The van der Waals surface area contributed by atoms with E-state index in [1.54, 1.807) is 6.08 Å². The molecule has 1 saturated heterocycles. The van der Waals surface area contributed by atoms with Gasteiger partial charge >= 0.3 is 6.03 Å². The fraction of sp³-hybridized carbons (Fsp3) is 0.615. The lowest BCUT2D eigenvalue weighted by Crippen LogP contribution is -2.34. The van der Waals surface area contributed by atoms with Crippen molar-refractivity contribution < 1.29 is 9.90 Å². The zero-order valence-electron chi connectivity index (χ0n) is 12.8. The summed E-state index contributed by atoms with van der Waals surface area (Å²) in [5.74, 6) is 0. The number of amides is 2. The van der Waals surface area contributed by atoms with Gasteiger partial charge < -0.3 is 10.0 Å². The monoisotopic (exact) mass is 398 g/mol. The molecular weight excluding hydrogens is 383 g/mol. The lowest BCUT2D eigenvalue weighted by Gasteiger charge is -2.16. The quantitative estimate of drug-likeness (QED) is 0.625. The van der Waals surface area contributed by atoms with Gasteiger partial charge in [0.15, 0.2) is 6.23 Å². The van der Waals surface area contributed by atoms with E-state index in [9.17, 15) is 9.90 Å². The predicted molar refractivity (Wildman–Crippen MR) is 93.5 cm³/mol. The first-order valence-corrected chi connectivity index (χ1v) is 8.79. The fourth-order valence-electron chi connectivity index (χ4n) is 1.93. The third-order valence-corrected chi connectivity index (χ3v) is 4.78. The molecule has 1 N–H and O–H groups in total. The van der Waals surface area contributed by atoms with Gasteiger partial charge in [0.25, 0.3) is 0 Å². The van der Waals surface area contributed by atoms with Gasteiger partial charge in [-0.1, -0.05) is 73.0 Å². The second-order valence-electron chi connectivity index (χ2n) is 6.12. The van der Waals surface area contributed by atoms with Gasteiger partial charge in [0.05, 0.1) is 6.54 Å². The second-order valence-corrected chi connectivity index (χ2v) is 9.45. The number of halogens is 3. The van der Waals surface area contributed by atoms with Gasteiger partial charge in [0.1, 0.15) is 5.01 Å². The van der Waals surface area contributed by atoms with Crippen molar-refractivity contribution in [3.63, 3.8) is 0 Å². The van der Waals surface area contributed by atoms with E-state index in [4.69, 9.17) is 34.8 Å². The summed E-state index contributed by atoms with van der Waals surface area (Å²) in [4.78, 5) is 15.1. The summed E-state index contributed by atoms with van der Waals surface area (Å²) >= 11 is 18.1. The maximum atomic E-state index is 12.4. The number of allylic oxidation sites excluding steroid dienone is 1. The van der Waals surface area contributed by atoms with Crippen LogP contribution >= 0.6 is 46.1 Å². The highest BCUT2D eigenvalue weighted by molar-refractivity contribution is 7.15. The number of aromatic nitrogens is 2. The molecule has 0 radical (unpaired) electrons. The summed E-state index contributed by atoms with van der Waals surface area (Å²) in [6.07, 6.45) is 1.95. The highest BCUT2D eigenvalue weighted by atomic mass is 35.6. The Balaban J connectivity index is 2.11. The Morgan fingerprint density at radius 1 is 1.35 bits per heavy atom. The van der Waals surface area contributed by atoms with E-state index in [1.807, 2.05) is 20.8 Å². The molecule has 128 valence electrons. The molecular formula is C13H17Cl3N4O2S. The van der Waals surface area contributed by atoms with Crippen molar-refractivity contribution in [1.29, 1.82) is 0 Å². The van der Waals surface area contributed by atoms with Gasteiger partial charge in [-0.15, -0.1) is 10.2 Å². The molecule has 1 atom stereocenters. The number of anilines is 1. The van der Waals surface area contributed by atoms with Crippen molar-refractivity contribution in [2.45, 2.75) is 36.2 Å². The zero-order chi connectivity index (χ0) is 17.4. The Morgan fingerprint density at radius 2 is 2.00 bits per heavy atom. The molecule has 2 heterocycles. The number of nitrogens with zero attached hydrogens (tertiary/aromatic N) is 4. The topological polar surface area (TPSA) is 69.6 Å². The summed E-state index contributed by atoms with van der Waals surface area (Å²) in [6.45, 7) is 6.40. The van der Waals surface area contributed by atoms with Crippen LogP contribution in [-0.2, 0) is 5.41 Å². The maximum absolute atomic E-state index is 12.4. The summed E-state index contributed by atoms with van der Waals surface area (Å²) in [7, 11) is 0. The number of aliphatic hydroxyl groups is 1. The van der Waals surface area contributed by atoms with Gasteiger partial charge in [-0.25, -0.2) is 9.69 Å².